The Kier molecular flexibility index (Phi) is 3.23. The van der Waals surface area contributed by atoms with Crippen molar-refractivity contribution < 1.29 is 9.47 Å². The molecule has 82 valence electrons. The van der Waals surface area contributed by atoms with Crippen molar-refractivity contribution in [2.24, 2.45) is 0 Å². The highest BCUT2D eigenvalue weighted by Crippen LogP contribution is 2.26. The first kappa shape index (κ1) is 10.5. The van der Waals surface area contributed by atoms with Crippen LogP contribution in [0.3, 0.4) is 0 Å². The van der Waals surface area contributed by atoms with Crippen LogP contribution in [-0.2, 0) is 4.74 Å². The predicted octanol–water partition coefficient (Wildman–Crippen LogP) is 1.74. The van der Waals surface area contributed by atoms with Gasteiger partial charge in [-0.25, -0.2) is 0 Å². The first-order valence-corrected chi connectivity index (χ1v) is 5.29. The largest absolute Gasteiger partial charge is 0.496 e. The Morgan fingerprint density at radius 3 is 2.87 bits per heavy atom. The van der Waals surface area contributed by atoms with Crippen LogP contribution >= 0.6 is 0 Å². The van der Waals surface area contributed by atoms with Crippen LogP contribution < -0.4 is 10.1 Å². The van der Waals surface area contributed by atoms with Gasteiger partial charge in [-0.15, -0.1) is 0 Å². The van der Waals surface area contributed by atoms with Gasteiger partial charge in [-0.1, -0.05) is 18.2 Å². The van der Waals surface area contributed by atoms with Crippen LogP contribution in [0.1, 0.15) is 18.5 Å². The lowest BCUT2D eigenvalue weighted by Gasteiger charge is -2.29. The second-order valence-corrected chi connectivity index (χ2v) is 3.85. The number of rotatable bonds is 2. The van der Waals surface area contributed by atoms with Gasteiger partial charge in [0.15, 0.2) is 0 Å². The molecule has 0 bridgehead atoms. The smallest absolute Gasteiger partial charge is 0.123 e. The molecule has 0 radical (unpaired) electrons. The van der Waals surface area contributed by atoms with Crippen LogP contribution in [0, 0.1) is 0 Å². The van der Waals surface area contributed by atoms with Gasteiger partial charge in [-0.2, -0.15) is 0 Å². The number of methoxy groups -OCH3 is 1. The Balaban J connectivity index is 2.15. The molecule has 0 saturated carbocycles. The summed E-state index contributed by atoms with van der Waals surface area (Å²) >= 11 is 0. The summed E-state index contributed by atoms with van der Waals surface area (Å²) in [5.74, 6) is 0.924. The first-order valence-electron chi connectivity index (χ1n) is 5.29. The maximum absolute atomic E-state index is 5.63. The SMILES string of the molecule is COc1ccccc1C1COC(C)CN1. The lowest BCUT2D eigenvalue weighted by molar-refractivity contribution is 0.0144. The van der Waals surface area contributed by atoms with E-state index in [4.69, 9.17) is 9.47 Å². The van der Waals surface area contributed by atoms with Gasteiger partial charge >= 0.3 is 0 Å². The summed E-state index contributed by atoms with van der Waals surface area (Å²) in [5, 5.41) is 3.45. The van der Waals surface area contributed by atoms with Crippen molar-refractivity contribution in [3.05, 3.63) is 29.8 Å². The maximum Gasteiger partial charge on any atom is 0.123 e. The van der Waals surface area contributed by atoms with Crippen LogP contribution in [0.4, 0.5) is 0 Å². The number of para-hydroxylation sites is 1. The number of nitrogens with one attached hydrogen (secondary N) is 1. The van der Waals surface area contributed by atoms with E-state index in [1.165, 1.54) is 5.56 Å². The molecule has 3 nitrogen and oxygen atoms in total. The van der Waals surface area contributed by atoms with Crippen molar-refractivity contribution in [1.29, 1.82) is 0 Å². The molecule has 1 aromatic carbocycles. The van der Waals surface area contributed by atoms with Gasteiger partial charge in [0.05, 0.1) is 25.9 Å². The summed E-state index contributed by atoms with van der Waals surface area (Å²) < 4.78 is 11.0. The summed E-state index contributed by atoms with van der Waals surface area (Å²) in [6.07, 6.45) is 0.302. The third kappa shape index (κ3) is 2.30. The summed E-state index contributed by atoms with van der Waals surface area (Å²) in [7, 11) is 1.70. The molecule has 1 aliphatic rings. The van der Waals surface area contributed by atoms with Crippen molar-refractivity contribution in [2.75, 3.05) is 20.3 Å². The van der Waals surface area contributed by atoms with Crippen molar-refractivity contribution in [3.63, 3.8) is 0 Å². The zero-order valence-corrected chi connectivity index (χ0v) is 9.19. The topological polar surface area (TPSA) is 30.5 Å². The Morgan fingerprint density at radius 1 is 1.40 bits per heavy atom. The van der Waals surface area contributed by atoms with Gasteiger partial charge in [0.1, 0.15) is 5.75 Å². The molecule has 0 spiro atoms. The molecule has 1 N–H and O–H groups in total. The van der Waals surface area contributed by atoms with E-state index in [0.717, 1.165) is 12.3 Å². The average Bonchev–Trinajstić information content (AvgIpc) is 2.30. The molecule has 2 rings (SSSR count). The number of morpholine rings is 1. The first-order chi connectivity index (χ1) is 7.31. The van der Waals surface area contributed by atoms with E-state index >= 15 is 0 Å². The van der Waals surface area contributed by atoms with E-state index in [0.29, 0.717) is 12.7 Å². The summed E-state index contributed by atoms with van der Waals surface area (Å²) in [5.41, 5.74) is 1.17. The molecular weight excluding hydrogens is 190 g/mol. The fraction of sp³-hybridized carbons (Fsp3) is 0.500. The number of hydrogen-bond acceptors (Lipinski definition) is 3. The highest BCUT2D eigenvalue weighted by atomic mass is 16.5. The standard InChI is InChI=1S/C12H17NO2/c1-9-7-13-11(8-15-9)10-5-3-4-6-12(10)14-2/h3-6,9,11,13H,7-8H2,1-2H3. The Bertz CT molecular complexity index is 319. The summed E-state index contributed by atoms with van der Waals surface area (Å²) in [6.45, 7) is 3.68. The van der Waals surface area contributed by atoms with Crippen LogP contribution in [-0.4, -0.2) is 26.4 Å². The molecule has 1 aliphatic heterocycles. The zero-order chi connectivity index (χ0) is 10.7. The van der Waals surface area contributed by atoms with Gasteiger partial charge in [0.2, 0.25) is 0 Å². The Morgan fingerprint density at radius 2 is 2.20 bits per heavy atom. The van der Waals surface area contributed by atoms with Crippen LogP contribution in [0.25, 0.3) is 0 Å². The minimum Gasteiger partial charge on any atom is -0.496 e. The molecule has 2 atom stereocenters. The van der Waals surface area contributed by atoms with E-state index in [9.17, 15) is 0 Å². The normalized spacial score (nSPS) is 26.3. The Labute approximate surface area is 90.4 Å². The quantitative estimate of drug-likeness (QED) is 0.801. The highest BCUT2D eigenvalue weighted by molar-refractivity contribution is 5.36. The third-order valence-electron chi connectivity index (χ3n) is 2.71. The molecule has 0 aliphatic carbocycles. The summed E-state index contributed by atoms with van der Waals surface area (Å²) in [4.78, 5) is 0. The average molecular weight is 207 g/mol. The number of ether oxygens (including phenoxy) is 2. The van der Waals surface area contributed by atoms with Crippen molar-refractivity contribution in [3.8, 4) is 5.75 Å². The molecule has 2 unspecified atom stereocenters. The summed E-state index contributed by atoms with van der Waals surface area (Å²) in [6, 6.07) is 8.31. The van der Waals surface area contributed by atoms with Gasteiger partial charge in [0, 0.05) is 12.1 Å². The van der Waals surface area contributed by atoms with Crippen LogP contribution in [0.5, 0.6) is 5.75 Å². The molecule has 0 aromatic heterocycles. The predicted molar refractivity (Wildman–Crippen MR) is 59.2 cm³/mol. The minimum atomic E-state index is 0.248. The van der Waals surface area contributed by atoms with E-state index in [-0.39, 0.29) is 6.04 Å². The monoisotopic (exact) mass is 207 g/mol. The molecule has 1 fully saturated rings. The third-order valence-corrected chi connectivity index (χ3v) is 2.71. The van der Waals surface area contributed by atoms with Crippen molar-refractivity contribution >= 4 is 0 Å². The molecular formula is C12H17NO2. The molecule has 15 heavy (non-hydrogen) atoms. The number of benzene rings is 1. The molecule has 1 heterocycles. The van der Waals surface area contributed by atoms with Crippen molar-refractivity contribution in [2.45, 2.75) is 19.1 Å². The second kappa shape index (κ2) is 4.64. The lowest BCUT2D eigenvalue weighted by Crippen LogP contribution is -2.39. The maximum atomic E-state index is 5.63. The van der Waals surface area contributed by atoms with Crippen molar-refractivity contribution in [1.82, 2.24) is 5.32 Å². The Hall–Kier alpha value is -1.06. The van der Waals surface area contributed by atoms with Gasteiger partial charge in [0.25, 0.3) is 0 Å². The number of hydrogen-bond donors (Lipinski definition) is 1. The van der Waals surface area contributed by atoms with Gasteiger partial charge in [-0.3, -0.25) is 0 Å². The van der Waals surface area contributed by atoms with Crippen LogP contribution in [0.2, 0.25) is 0 Å². The molecule has 1 saturated heterocycles. The van der Waals surface area contributed by atoms with Crippen LogP contribution in [0.15, 0.2) is 24.3 Å². The second-order valence-electron chi connectivity index (χ2n) is 3.85. The zero-order valence-electron chi connectivity index (χ0n) is 9.19. The molecule has 0 amide bonds. The van der Waals surface area contributed by atoms with E-state index in [1.54, 1.807) is 7.11 Å². The fourth-order valence-corrected chi connectivity index (χ4v) is 1.84. The van der Waals surface area contributed by atoms with Gasteiger partial charge in [-0.05, 0) is 13.0 Å². The van der Waals surface area contributed by atoms with E-state index < -0.39 is 0 Å². The van der Waals surface area contributed by atoms with E-state index in [2.05, 4.69) is 18.3 Å². The highest BCUT2D eigenvalue weighted by Gasteiger charge is 2.21. The van der Waals surface area contributed by atoms with Gasteiger partial charge < -0.3 is 14.8 Å². The molecule has 3 heteroatoms. The molecule has 1 aromatic rings. The van der Waals surface area contributed by atoms with E-state index in [1.807, 2.05) is 18.2 Å². The fourth-order valence-electron chi connectivity index (χ4n) is 1.84. The lowest BCUT2D eigenvalue weighted by atomic mass is 10.0. The minimum absolute atomic E-state index is 0.248.